The quantitative estimate of drug-likeness (QED) is 0.0985. The number of nitrogens with one attached hydrogen (secondary N) is 2. The standard InChI is InChI=1S/C23H15F3N2O4.C22H13F3N2O4/c1-31-22(30)18-10-11-19(32-18)28-21(29)16-7-3-4-13-8-9-17(27-20(13)16)14-5-2-6-15(12-14)23(24,25)26;23-22(24,25)14-5-1-4-13(11-14)16-8-7-12-3-2-6-15(19(12)26-16)20(28)27-18-10-9-17(31-18)21(29)30/h2-12H,1H3,(H,28,29);1-11H,(H,27,28)(H,29,30). The zero-order chi connectivity index (χ0) is 45.1. The first-order valence-corrected chi connectivity index (χ1v) is 18.3. The lowest BCUT2D eigenvalue weighted by atomic mass is 10.0. The van der Waals surface area contributed by atoms with Crippen molar-refractivity contribution in [3.05, 3.63) is 167 Å². The molecule has 0 saturated heterocycles. The number of amides is 2. The third-order valence-corrected chi connectivity index (χ3v) is 9.18. The Hall–Kier alpha value is -8.28. The molecule has 0 fully saturated rings. The first kappa shape index (κ1) is 42.8. The Labute approximate surface area is 350 Å². The van der Waals surface area contributed by atoms with Gasteiger partial charge in [0.05, 0.1) is 51.8 Å². The van der Waals surface area contributed by atoms with E-state index in [0.29, 0.717) is 16.3 Å². The maximum absolute atomic E-state index is 13.1. The van der Waals surface area contributed by atoms with Gasteiger partial charge in [-0.15, -0.1) is 0 Å². The molecular formula is C45H28F6N4O8. The number of ether oxygens (including phenoxy) is 1. The highest BCUT2D eigenvalue weighted by molar-refractivity contribution is 6.12. The van der Waals surface area contributed by atoms with E-state index in [-0.39, 0.29) is 62.4 Å². The van der Waals surface area contributed by atoms with Crippen molar-refractivity contribution in [2.75, 3.05) is 17.7 Å². The molecule has 0 bridgehead atoms. The Bertz CT molecular complexity index is 3050. The van der Waals surface area contributed by atoms with Crippen LogP contribution in [0.3, 0.4) is 0 Å². The number of carbonyl (C=O) groups excluding carboxylic acids is 3. The van der Waals surface area contributed by atoms with Gasteiger partial charge in [-0.3, -0.25) is 20.2 Å². The molecule has 318 valence electrons. The van der Waals surface area contributed by atoms with Crippen molar-refractivity contribution in [3.63, 3.8) is 0 Å². The van der Waals surface area contributed by atoms with Crippen LogP contribution in [0.5, 0.6) is 0 Å². The second-order valence-electron chi connectivity index (χ2n) is 13.3. The van der Waals surface area contributed by atoms with Gasteiger partial charge in [0.15, 0.2) is 0 Å². The van der Waals surface area contributed by atoms with Gasteiger partial charge < -0.3 is 18.7 Å². The monoisotopic (exact) mass is 866 g/mol. The van der Waals surface area contributed by atoms with Gasteiger partial charge in [-0.05, 0) is 60.7 Å². The topological polar surface area (TPSA) is 174 Å². The minimum absolute atomic E-state index is 0.0291. The molecule has 0 aliphatic carbocycles. The SMILES string of the molecule is COC(=O)c1ccc(NC(=O)c2cccc3ccc(-c4cccc(C(F)(F)F)c4)nc23)o1.O=C(O)c1ccc(NC(=O)c2cccc3ccc(-c4cccc(C(F)(F)F)c4)nc23)o1. The summed E-state index contributed by atoms with van der Waals surface area (Å²) in [5.74, 6) is -3.58. The number of carboxylic acid groups (broad SMARTS) is 1. The number of esters is 1. The van der Waals surface area contributed by atoms with Crippen LogP contribution in [-0.4, -0.2) is 45.9 Å². The van der Waals surface area contributed by atoms with Crippen molar-refractivity contribution >= 4 is 57.3 Å². The number of para-hydroxylation sites is 2. The third kappa shape index (κ3) is 9.70. The van der Waals surface area contributed by atoms with Gasteiger partial charge in [-0.25, -0.2) is 19.6 Å². The molecule has 4 aromatic heterocycles. The number of benzene rings is 4. The highest BCUT2D eigenvalue weighted by atomic mass is 19.4. The Morgan fingerprint density at radius 1 is 0.556 bits per heavy atom. The molecule has 8 aromatic rings. The number of aromatic nitrogens is 2. The van der Waals surface area contributed by atoms with E-state index in [1.165, 1.54) is 67.8 Å². The lowest BCUT2D eigenvalue weighted by molar-refractivity contribution is -0.138. The Balaban J connectivity index is 0.000000189. The number of alkyl halides is 6. The van der Waals surface area contributed by atoms with Crippen molar-refractivity contribution in [3.8, 4) is 22.5 Å². The summed E-state index contributed by atoms with van der Waals surface area (Å²) in [6, 6.07) is 31.1. The van der Waals surface area contributed by atoms with Crippen LogP contribution >= 0.6 is 0 Å². The number of carboxylic acids is 1. The zero-order valence-corrected chi connectivity index (χ0v) is 32.2. The van der Waals surface area contributed by atoms with Crippen molar-refractivity contribution in [2.24, 2.45) is 0 Å². The minimum Gasteiger partial charge on any atom is -0.475 e. The molecular weight excluding hydrogens is 839 g/mol. The van der Waals surface area contributed by atoms with E-state index in [1.807, 2.05) is 0 Å². The summed E-state index contributed by atoms with van der Waals surface area (Å²) in [4.78, 5) is 56.8. The second kappa shape index (κ2) is 17.4. The smallest absolute Gasteiger partial charge is 0.416 e. The lowest BCUT2D eigenvalue weighted by Crippen LogP contribution is -2.12. The Kier molecular flexibility index (Phi) is 11.8. The van der Waals surface area contributed by atoms with Crippen LogP contribution in [0.15, 0.2) is 142 Å². The molecule has 0 saturated carbocycles. The number of fused-ring (bicyclic) bond motifs is 2. The number of furan rings is 2. The summed E-state index contributed by atoms with van der Waals surface area (Å²) in [7, 11) is 1.20. The molecule has 0 atom stereocenters. The Morgan fingerprint density at radius 2 is 0.984 bits per heavy atom. The van der Waals surface area contributed by atoms with Gasteiger partial charge >= 0.3 is 24.3 Å². The van der Waals surface area contributed by atoms with Crippen molar-refractivity contribution in [1.29, 1.82) is 0 Å². The summed E-state index contributed by atoms with van der Waals surface area (Å²) in [5.41, 5.74) is 0.410. The van der Waals surface area contributed by atoms with E-state index < -0.39 is 47.2 Å². The largest absolute Gasteiger partial charge is 0.475 e. The number of methoxy groups -OCH3 is 1. The van der Waals surface area contributed by atoms with Crippen LogP contribution in [0.1, 0.15) is 53.0 Å². The highest BCUT2D eigenvalue weighted by Crippen LogP contribution is 2.34. The number of hydrogen-bond acceptors (Lipinski definition) is 9. The molecule has 4 heterocycles. The molecule has 12 nitrogen and oxygen atoms in total. The third-order valence-electron chi connectivity index (χ3n) is 9.18. The van der Waals surface area contributed by atoms with E-state index in [9.17, 15) is 45.5 Å². The van der Waals surface area contributed by atoms with Gasteiger partial charge in [0.2, 0.25) is 23.3 Å². The van der Waals surface area contributed by atoms with E-state index in [1.54, 1.807) is 48.5 Å². The predicted molar refractivity (Wildman–Crippen MR) is 216 cm³/mol. The van der Waals surface area contributed by atoms with Crippen molar-refractivity contribution < 1.29 is 64.2 Å². The van der Waals surface area contributed by atoms with E-state index in [2.05, 4.69) is 25.3 Å². The molecule has 63 heavy (non-hydrogen) atoms. The van der Waals surface area contributed by atoms with Crippen LogP contribution in [-0.2, 0) is 17.1 Å². The fourth-order valence-corrected chi connectivity index (χ4v) is 6.19. The average molecular weight is 867 g/mol. The number of aromatic carboxylic acids is 1. The molecule has 3 N–H and O–H groups in total. The molecule has 4 aromatic carbocycles. The molecule has 0 aliphatic heterocycles. The molecule has 18 heteroatoms. The maximum atomic E-state index is 13.1. The first-order chi connectivity index (χ1) is 30.0. The summed E-state index contributed by atoms with van der Waals surface area (Å²) in [5, 5.41) is 15.1. The summed E-state index contributed by atoms with van der Waals surface area (Å²) < 4.78 is 93.2. The fraction of sp³-hybridized carbons (Fsp3) is 0.0667. The first-order valence-electron chi connectivity index (χ1n) is 18.3. The van der Waals surface area contributed by atoms with Crippen LogP contribution in [0.25, 0.3) is 44.3 Å². The van der Waals surface area contributed by atoms with Crippen LogP contribution in [0.2, 0.25) is 0 Å². The normalized spacial score (nSPS) is 11.4. The van der Waals surface area contributed by atoms with E-state index >= 15 is 0 Å². The number of halogens is 6. The molecule has 0 radical (unpaired) electrons. The molecule has 8 rings (SSSR count). The summed E-state index contributed by atoms with van der Waals surface area (Å²) >= 11 is 0. The molecule has 0 spiro atoms. The van der Waals surface area contributed by atoms with Crippen molar-refractivity contribution in [2.45, 2.75) is 12.4 Å². The number of hydrogen-bond donors (Lipinski definition) is 3. The van der Waals surface area contributed by atoms with E-state index in [4.69, 9.17) is 13.9 Å². The minimum atomic E-state index is -4.49. The van der Waals surface area contributed by atoms with Gasteiger partial charge in [-0.1, -0.05) is 60.7 Å². The molecule has 0 unspecified atom stereocenters. The lowest BCUT2D eigenvalue weighted by Gasteiger charge is -2.10. The number of nitrogens with zero attached hydrogens (tertiary/aromatic N) is 2. The van der Waals surface area contributed by atoms with Crippen LogP contribution in [0.4, 0.5) is 38.1 Å². The van der Waals surface area contributed by atoms with Gasteiger partial charge in [0.1, 0.15) is 0 Å². The zero-order valence-electron chi connectivity index (χ0n) is 32.2. The number of pyridine rings is 2. The van der Waals surface area contributed by atoms with E-state index in [0.717, 1.165) is 24.3 Å². The summed E-state index contributed by atoms with van der Waals surface area (Å²) in [6.07, 6.45) is -8.97. The average Bonchev–Trinajstić information content (AvgIpc) is 3.95. The molecule has 2 amide bonds. The van der Waals surface area contributed by atoms with Gasteiger partial charge in [0, 0.05) is 34.0 Å². The number of rotatable bonds is 8. The highest BCUT2D eigenvalue weighted by Gasteiger charge is 2.31. The van der Waals surface area contributed by atoms with Crippen molar-refractivity contribution in [1.82, 2.24) is 9.97 Å². The second-order valence-corrected chi connectivity index (χ2v) is 13.3. The predicted octanol–water partition coefficient (Wildman–Crippen LogP) is 11.0. The number of anilines is 2. The van der Waals surface area contributed by atoms with Gasteiger partial charge in [0.25, 0.3) is 11.8 Å². The Morgan fingerprint density at radius 3 is 1.40 bits per heavy atom. The van der Waals surface area contributed by atoms with Crippen LogP contribution < -0.4 is 10.6 Å². The number of carbonyl (C=O) groups is 4. The fourth-order valence-electron chi connectivity index (χ4n) is 6.19. The maximum Gasteiger partial charge on any atom is 0.416 e. The van der Waals surface area contributed by atoms with Crippen LogP contribution in [0, 0.1) is 0 Å². The summed E-state index contributed by atoms with van der Waals surface area (Å²) in [6.45, 7) is 0. The van der Waals surface area contributed by atoms with Gasteiger partial charge in [-0.2, -0.15) is 26.3 Å². The molecule has 0 aliphatic rings.